The van der Waals surface area contributed by atoms with E-state index in [1.807, 2.05) is 20.8 Å². The van der Waals surface area contributed by atoms with Crippen LogP contribution in [0.25, 0.3) is 0 Å². The number of aromatic nitrogens is 2. The van der Waals surface area contributed by atoms with Crippen LogP contribution in [0.4, 0.5) is 13.2 Å². The molecule has 1 aliphatic rings. The number of benzene rings is 1. The number of halogens is 3. The van der Waals surface area contributed by atoms with Crippen molar-refractivity contribution < 1.29 is 32.0 Å². The number of amides is 1. The van der Waals surface area contributed by atoms with Gasteiger partial charge in [-0.2, -0.15) is 18.2 Å². The monoisotopic (exact) mass is 439 g/mol. The van der Waals surface area contributed by atoms with Gasteiger partial charge in [0.1, 0.15) is 0 Å². The van der Waals surface area contributed by atoms with Gasteiger partial charge in [-0.25, -0.2) is 0 Å². The van der Waals surface area contributed by atoms with Gasteiger partial charge < -0.3 is 14.2 Å². The van der Waals surface area contributed by atoms with E-state index in [0.29, 0.717) is 31.8 Å². The van der Waals surface area contributed by atoms with Crippen molar-refractivity contribution in [2.75, 3.05) is 13.1 Å². The molecule has 0 atom stereocenters. The summed E-state index contributed by atoms with van der Waals surface area (Å²) in [5, 5.41) is 3.87. The molecule has 3 rings (SSSR count). The van der Waals surface area contributed by atoms with Crippen LogP contribution >= 0.6 is 0 Å². The van der Waals surface area contributed by atoms with Crippen LogP contribution in [0, 0.1) is 5.92 Å². The largest absolute Gasteiger partial charge is 0.455 e. The summed E-state index contributed by atoms with van der Waals surface area (Å²) < 4.78 is 48.4. The molecule has 0 spiro atoms. The van der Waals surface area contributed by atoms with E-state index in [9.17, 15) is 22.8 Å². The van der Waals surface area contributed by atoms with Gasteiger partial charge in [-0.15, -0.1) is 0 Å². The average molecular weight is 439 g/mol. The Morgan fingerprint density at radius 1 is 1.13 bits per heavy atom. The van der Waals surface area contributed by atoms with Crippen molar-refractivity contribution in [3.63, 3.8) is 0 Å². The van der Waals surface area contributed by atoms with E-state index in [-0.39, 0.29) is 35.3 Å². The summed E-state index contributed by atoms with van der Waals surface area (Å²) in [4.78, 5) is 30.6. The van der Waals surface area contributed by atoms with Crippen LogP contribution in [0.15, 0.2) is 28.8 Å². The molecule has 1 aromatic heterocycles. The van der Waals surface area contributed by atoms with Gasteiger partial charge in [-0.1, -0.05) is 25.9 Å². The van der Waals surface area contributed by atoms with Gasteiger partial charge in [0.25, 0.3) is 11.8 Å². The SMILES string of the molecule is CC(C)(C)c1noc(COC(=O)C2CCN(C(=O)c3ccc(C(F)(F)F)cc3)CC2)n1. The molecular formula is C21H24F3N3O4. The standard InChI is InChI=1S/C21H24F3N3O4/c1-20(2,3)19-25-16(31-26-19)12-30-18(29)14-8-10-27(11-9-14)17(28)13-4-6-15(7-5-13)21(22,23)24/h4-7,14H,8-12H2,1-3H3. The first-order valence-corrected chi connectivity index (χ1v) is 9.91. The zero-order chi connectivity index (χ0) is 22.8. The third kappa shape index (κ3) is 5.62. The molecule has 1 fully saturated rings. The summed E-state index contributed by atoms with van der Waals surface area (Å²) in [5.74, 6) is -0.401. The summed E-state index contributed by atoms with van der Waals surface area (Å²) in [6.07, 6.45) is -3.64. The lowest BCUT2D eigenvalue weighted by Crippen LogP contribution is -2.40. The lowest BCUT2D eigenvalue weighted by atomic mass is 9.96. The third-order valence-corrected chi connectivity index (χ3v) is 5.05. The molecule has 1 saturated heterocycles. The maximum atomic E-state index is 12.7. The maximum Gasteiger partial charge on any atom is 0.416 e. The fraction of sp³-hybridized carbons (Fsp3) is 0.524. The van der Waals surface area contributed by atoms with Crippen LogP contribution in [-0.4, -0.2) is 40.0 Å². The summed E-state index contributed by atoms with van der Waals surface area (Å²) in [5.41, 5.74) is -0.903. The summed E-state index contributed by atoms with van der Waals surface area (Å²) in [6, 6.07) is 4.11. The lowest BCUT2D eigenvalue weighted by molar-refractivity contribution is -0.152. The second-order valence-electron chi connectivity index (χ2n) is 8.51. The second-order valence-corrected chi connectivity index (χ2v) is 8.51. The molecule has 2 heterocycles. The maximum absolute atomic E-state index is 12.7. The molecule has 7 nitrogen and oxygen atoms in total. The molecule has 2 aromatic rings. The Morgan fingerprint density at radius 2 is 1.74 bits per heavy atom. The predicted octanol–water partition coefficient (Wildman–Crippen LogP) is 3.98. The number of rotatable bonds is 4. The van der Waals surface area contributed by atoms with Gasteiger partial charge in [0.05, 0.1) is 11.5 Å². The summed E-state index contributed by atoms with van der Waals surface area (Å²) in [6.45, 7) is 6.32. The first-order valence-electron chi connectivity index (χ1n) is 9.91. The molecule has 0 saturated carbocycles. The van der Waals surface area contributed by atoms with E-state index in [1.54, 1.807) is 0 Å². The van der Waals surface area contributed by atoms with Gasteiger partial charge in [0.15, 0.2) is 12.4 Å². The van der Waals surface area contributed by atoms with Crippen molar-refractivity contribution >= 4 is 11.9 Å². The molecule has 10 heteroatoms. The first kappa shape index (κ1) is 22.8. The van der Waals surface area contributed by atoms with Gasteiger partial charge in [-0.3, -0.25) is 9.59 Å². The number of alkyl halides is 3. The molecule has 168 valence electrons. The van der Waals surface area contributed by atoms with E-state index in [4.69, 9.17) is 9.26 Å². The first-order chi connectivity index (χ1) is 14.4. The predicted molar refractivity (Wildman–Crippen MR) is 103 cm³/mol. The third-order valence-electron chi connectivity index (χ3n) is 5.05. The highest BCUT2D eigenvalue weighted by Crippen LogP contribution is 2.29. The van der Waals surface area contributed by atoms with Crippen LogP contribution in [0.5, 0.6) is 0 Å². The highest BCUT2D eigenvalue weighted by molar-refractivity contribution is 5.94. The number of ether oxygens (including phenoxy) is 1. The number of piperidine rings is 1. The van der Waals surface area contributed by atoms with Crippen LogP contribution in [0.3, 0.4) is 0 Å². The summed E-state index contributed by atoms with van der Waals surface area (Å²) >= 11 is 0. The second kappa shape index (κ2) is 8.68. The van der Waals surface area contributed by atoms with Crippen LogP contribution in [0.2, 0.25) is 0 Å². The lowest BCUT2D eigenvalue weighted by Gasteiger charge is -2.31. The molecule has 1 aliphatic heterocycles. The van der Waals surface area contributed by atoms with Crippen molar-refractivity contribution in [3.8, 4) is 0 Å². The number of carbonyl (C=O) groups excluding carboxylic acids is 2. The fourth-order valence-corrected chi connectivity index (χ4v) is 3.17. The average Bonchev–Trinajstić information content (AvgIpc) is 3.21. The van der Waals surface area contributed by atoms with Crippen LogP contribution in [-0.2, 0) is 27.7 Å². The molecular weight excluding hydrogens is 415 g/mol. The van der Waals surface area contributed by atoms with Crippen molar-refractivity contribution in [1.82, 2.24) is 15.0 Å². The molecule has 31 heavy (non-hydrogen) atoms. The van der Waals surface area contributed by atoms with Crippen molar-refractivity contribution in [1.29, 1.82) is 0 Å². The van der Waals surface area contributed by atoms with E-state index in [1.165, 1.54) is 17.0 Å². The fourth-order valence-electron chi connectivity index (χ4n) is 3.17. The smallest absolute Gasteiger partial charge is 0.416 e. The highest BCUT2D eigenvalue weighted by Gasteiger charge is 2.32. The number of nitrogens with zero attached hydrogens (tertiary/aromatic N) is 3. The zero-order valence-electron chi connectivity index (χ0n) is 17.5. The van der Waals surface area contributed by atoms with E-state index >= 15 is 0 Å². The zero-order valence-corrected chi connectivity index (χ0v) is 17.5. The topological polar surface area (TPSA) is 85.5 Å². The van der Waals surface area contributed by atoms with E-state index in [2.05, 4.69) is 10.1 Å². The van der Waals surface area contributed by atoms with Gasteiger partial charge in [-0.05, 0) is 37.1 Å². The minimum absolute atomic E-state index is 0.118. The molecule has 0 unspecified atom stereocenters. The number of carbonyl (C=O) groups is 2. The highest BCUT2D eigenvalue weighted by atomic mass is 19.4. The van der Waals surface area contributed by atoms with Gasteiger partial charge in [0, 0.05) is 24.1 Å². The van der Waals surface area contributed by atoms with Gasteiger partial charge >= 0.3 is 12.1 Å². The number of hydrogen-bond donors (Lipinski definition) is 0. The van der Waals surface area contributed by atoms with Crippen LogP contribution in [0.1, 0.15) is 61.2 Å². The molecule has 1 aromatic carbocycles. The van der Waals surface area contributed by atoms with Crippen molar-refractivity contribution in [2.24, 2.45) is 5.92 Å². The van der Waals surface area contributed by atoms with E-state index in [0.717, 1.165) is 12.1 Å². The number of hydrogen-bond acceptors (Lipinski definition) is 6. The normalized spacial score (nSPS) is 15.7. The Balaban J connectivity index is 1.49. The Morgan fingerprint density at radius 3 is 2.26 bits per heavy atom. The molecule has 0 N–H and O–H groups in total. The minimum atomic E-state index is -4.45. The Bertz CT molecular complexity index is 925. The minimum Gasteiger partial charge on any atom is -0.455 e. The van der Waals surface area contributed by atoms with Crippen molar-refractivity contribution in [3.05, 3.63) is 47.1 Å². The van der Waals surface area contributed by atoms with Crippen molar-refractivity contribution in [2.45, 2.75) is 51.8 Å². The molecule has 1 amide bonds. The van der Waals surface area contributed by atoms with E-state index < -0.39 is 17.7 Å². The Hall–Kier alpha value is -2.91. The molecule has 0 bridgehead atoms. The molecule has 0 aliphatic carbocycles. The van der Waals surface area contributed by atoms with Crippen LogP contribution < -0.4 is 0 Å². The Kier molecular flexibility index (Phi) is 6.38. The number of esters is 1. The van der Waals surface area contributed by atoms with Gasteiger partial charge in [0.2, 0.25) is 0 Å². The summed E-state index contributed by atoms with van der Waals surface area (Å²) in [7, 11) is 0. The Labute approximate surface area is 177 Å². The number of likely N-dealkylation sites (tertiary alicyclic amines) is 1. The quantitative estimate of drug-likeness (QED) is 0.670. The molecule has 0 radical (unpaired) electrons.